The Kier molecular flexibility index (Phi) is 5.84. The molecule has 0 saturated heterocycles. The first-order valence-electron chi connectivity index (χ1n) is 3.65. The summed E-state index contributed by atoms with van der Waals surface area (Å²) in [5.74, 6) is 1.77. The van der Waals surface area contributed by atoms with Gasteiger partial charge in [0.15, 0.2) is 0 Å². The van der Waals surface area contributed by atoms with Crippen molar-refractivity contribution in [1.29, 1.82) is 0 Å². The van der Waals surface area contributed by atoms with Crippen molar-refractivity contribution in [3.8, 4) is 0 Å². The van der Waals surface area contributed by atoms with E-state index < -0.39 is 0 Å². The van der Waals surface area contributed by atoms with Crippen LogP contribution < -0.4 is 5.73 Å². The number of hydrogen-bond acceptors (Lipinski definition) is 2. The molecule has 0 aromatic rings. The Morgan fingerprint density at radius 2 is 2.20 bits per heavy atom. The minimum absolute atomic E-state index is 0.564. The third-order valence-corrected chi connectivity index (χ3v) is 2.86. The minimum Gasteiger partial charge on any atom is -0.330 e. The van der Waals surface area contributed by atoms with Gasteiger partial charge in [-0.1, -0.05) is 13.0 Å². The lowest BCUT2D eigenvalue weighted by atomic mass is 10.2. The molecule has 60 valence electrons. The summed E-state index contributed by atoms with van der Waals surface area (Å²) in [7, 11) is 0. The van der Waals surface area contributed by atoms with Gasteiger partial charge in [0.2, 0.25) is 0 Å². The minimum atomic E-state index is 0.564. The second kappa shape index (κ2) is 5.81. The average molecular weight is 159 g/mol. The van der Waals surface area contributed by atoms with Gasteiger partial charge in [-0.2, -0.15) is 11.8 Å². The van der Waals surface area contributed by atoms with Gasteiger partial charge in [0.25, 0.3) is 0 Å². The van der Waals surface area contributed by atoms with Gasteiger partial charge in [-0.05, 0) is 25.1 Å². The van der Waals surface area contributed by atoms with E-state index in [4.69, 9.17) is 5.73 Å². The third-order valence-electron chi connectivity index (χ3n) is 1.38. The highest BCUT2D eigenvalue weighted by Crippen LogP contribution is 2.14. The van der Waals surface area contributed by atoms with Crippen LogP contribution in [-0.2, 0) is 0 Å². The molecule has 2 N–H and O–H groups in total. The van der Waals surface area contributed by atoms with Crippen molar-refractivity contribution in [3.05, 3.63) is 12.7 Å². The molecule has 0 aliphatic carbocycles. The molecule has 0 bridgehead atoms. The van der Waals surface area contributed by atoms with E-state index in [9.17, 15) is 0 Å². The lowest BCUT2D eigenvalue weighted by Crippen LogP contribution is -2.13. The maximum Gasteiger partial charge on any atom is 0.0196 e. The van der Waals surface area contributed by atoms with Crippen LogP contribution in [0.3, 0.4) is 0 Å². The predicted octanol–water partition coefficient (Wildman–Crippen LogP) is 1.89. The summed E-state index contributed by atoms with van der Waals surface area (Å²) in [5, 5.41) is 0.564. The molecule has 2 heteroatoms. The molecule has 0 fully saturated rings. The quantitative estimate of drug-likeness (QED) is 0.620. The Bertz CT molecular complexity index is 93.3. The van der Waals surface area contributed by atoms with Gasteiger partial charge in [0.1, 0.15) is 0 Å². The van der Waals surface area contributed by atoms with Crippen molar-refractivity contribution in [2.75, 3.05) is 12.3 Å². The van der Waals surface area contributed by atoms with Crippen LogP contribution in [0.4, 0.5) is 0 Å². The first-order chi connectivity index (χ1) is 4.70. The highest BCUT2D eigenvalue weighted by molar-refractivity contribution is 8.00. The molecule has 0 saturated carbocycles. The molecule has 0 aromatic carbocycles. The molecule has 2 atom stereocenters. The molecule has 0 spiro atoms. The Morgan fingerprint density at radius 3 is 2.60 bits per heavy atom. The van der Waals surface area contributed by atoms with E-state index in [1.54, 1.807) is 0 Å². The van der Waals surface area contributed by atoms with Crippen LogP contribution in [0.1, 0.15) is 13.8 Å². The van der Waals surface area contributed by atoms with Crippen LogP contribution in [0.2, 0.25) is 0 Å². The van der Waals surface area contributed by atoms with E-state index in [2.05, 4.69) is 20.4 Å². The zero-order valence-corrected chi connectivity index (χ0v) is 7.66. The maximum absolute atomic E-state index is 5.46. The van der Waals surface area contributed by atoms with E-state index in [0.29, 0.717) is 11.2 Å². The molecule has 0 radical (unpaired) electrons. The van der Waals surface area contributed by atoms with Crippen LogP contribution >= 0.6 is 11.8 Å². The van der Waals surface area contributed by atoms with E-state index in [-0.39, 0.29) is 0 Å². The zero-order valence-electron chi connectivity index (χ0n) is 6.84. The fraction of sp³-hybridized carbons (Fsp3) is 0.750. The van der Waals surface area contributed by atoms with Crippen molar-refractivity contribution in [1.82, 2.24) is 0 Å². The molecule has 0 heterocycles. The summed E-state index contributed by atoms with van der Waals surface area (Å²) < 4.78 is 0. The fourth-order valence-corrected chi connectivity index (χ4v) is 1.36. The van der Waals surface area contributed by atoms with Gasteiger partial charge in [-0.15, -0.1) is 6.58 Å². The molecule has 2 unspecified atom stereocenters. The molecule has 0 aliphatic rings. The monoisotopic (exact) mass is 159 g/mol. The summed E-state index contributed by atoms with van der Waals surface area (Å²) in [4.78, 5) is 0. The average Bonchev–Trinajstić information content (AvgIpc) is 1.99. The fourth-order valence-electron chi connectivity index (χ4n) is 0.452. The molecule has 0 rings (SSSR count). The van der Waals surface area contributed by atoms with Crippen LogP contribution in [0.15, 0.2) is 12.7 Å². The Labute approximate surface area is 68.1 Å². The highest BCUT2D eigenvalue weighted by atomic mass is 32.2. The predicted molar refractivity (Wildman–Crippen MR) is 50.3 cm³/mol. The molecule has 0 aliphatic heterocycles. The Hall–Kier alpha value is 0.0500. The lowest BCUT2D eigenvalue weighted by molar-refractivity contribution is 0.675. The van der Waals surface area contributed by atoms with Crippen LogP contribution in [0.25, 0.3) is 0 Å². The first-order valence-corrected chi connectivity index (χ1v) is 4.69. The van der Waals surface area contributed by atoms with Gasteiger partial charge in [0.05, 0.1) is 0 Å². The van der Waals surface area contributed by atoms with Gasteiger partial charge < -0.3 is 5.73 Å². The van der Waals surface area contributed by atoms with Gasteiger partial charge in [-0.3, -0.25) is 0 Å². The normalized spacial score (nSPS) is 16.3. The molecular formula is C8H17NS. The van der Waals surface area contributed by atoms with Crippen molar-refractivity contribution in [2.24, 2.45) is 11.7 Å². The molecule has 10 heavy (non-hydrogen) atoms. The Balaban J connectivity index is 3.25. The maximum atomic E-state index is 5.46. The summed E-state index contributed by atoms with van der Waals surface area (Å²) >= 11 is 1.91. The molecule has 0 aromatic heterocycles. The van der Waals surface area contributed by atoms with Gasteiger partial charge in [0, 0.05) is 5.25 Å². The SMILES string of the molecule is C=CC(C)SCC(C)CN. The van der Waals surface area contributed by atoms with E-state index in [0.717, 1.165) is 12.3 Å². The molecular weight excluding hydrogens is 142 g/mol. The molecule has 0 amide bonds. The first kappa shape index (κ1) is 10.0. The standard InChI is InChI=1S/C8H17NS/c1-4-8(3)10-6-7(2)5-9/h4,7-8H,1,5-6,9H2,2-3H3. The number of rotatable bonds is 5. The number of thioether (sulfide) groups is 1. The topological polar surface area (TPSA) is 26.0 Å². The van der Waals surface area contributed by atoms with E-state index in [1.165, 1.54) is 0 Å². The van der Waals surface area contributed by atoms with E-state index in [1.807, 2.05) is 17.8 Å². The number of nitrogens with two attached hydrogens (primary N) is 1. The Morgan fingerprint density at radius 1 is 1.60 bits per heavy atom. The van der Waals surface area contributed by atoms with Crippen LogP contribution in [0.5, 0.6) is 0 Å². The van der Waals surface area contributed by atoms with Crippen LogP contribution in [0, 0.1) is 5.92 Å². The summed E-state index contributed by atoms with van der Waals surface area (Å²) in [6.07, 6.45) is 1.97. The molecule has 1 nitrogen and oxygen atoms in total. The van der Waals surface area contributed by atoms with Gasteiger partial charge >= 0.3 is 0 Å². The number of hydrogen-bond donors (Lipinski definition) is 1. The summed E-state index contributed by atoms with van der Waals surface area (Å²) in [5.41, 5.74) is 5.46. The van der Waals surface area contributed by atoms with E-state index >= 15 is 0 Å². The third kappa shape index (κ3) is 4.89. The van der Waals surface area contributed by atoms with Crippen molar-refractivity contribution in [2.45, 2.75) is 19.1 Å². The van der Waals surface area contributed by atoms with Crippen molar-refractivity contribution in [3.63, 3.8) is 0 Å². The van der Waals surface area contributed by atoms with Crippen molar-refractivity contribution < 1.29 is 0 Å². The van der Waals surface area contributed by atoms with Gasteiger partial charge in [-0.25, -0.2) is 0 Å². The largest absolute Gasteiger partial charge is 0.330 e. The highest BCUT2D eigenvalue weighted by Gasteiger charge is 2.01. The smallest absolute Gasteiger partial charge is 0.0196 e. The van der Waals surface area contributed by atoms with Crippen LogP contribution in [-0.4, -0.2) is 17.5 Å². The summed E-state index contributed by atoms with van der Waals surface area (Å²) in [6, 6.07) is 0. The zero-order chi connectivity index (χ0) is 7.98. The van der Waals surface area contributed by atoms with Crippen molar-refractivity contribution >= 4 is 11.8 Å². The lowest BCUT2D eigenvalue weighted by Gasteiger charge is -2.09. The summed E-state index contributed by atoms with van der Waals surface area (Å²) in [6.45, 7) is 8.82. The second-order valence-electron chi connectivity index (χ2n) is 2.62. The second-order valence-corrected chi connectivity index (χ2v) is 4.03.